The monoisotopic (exact) mass is 415 g/mol. The van der Waals surface area contributed by atoms with Crippen molar-refractivity contribution >= 4 is 14.3 Å². The molecular weight excluding hydrogens is 382 g/mol. The van der Waals surface area contributed by atoms with Gasteiger partial charge >= 0.3 is 5.97 Å². The summed E-state index contributed by atoms with van der Waals surface area (Å²) in [6.45, 7) is 13.4. The van der Waals surface area contributed by atoms with Crippen molar-refractivity contribution in [3.05, 3.63) is 59.9 Å². The summed E-state index contributed by atoms with van der Waals surface area (Å²) in [6, 6.07) is 11.5. The van der Waals surface area contributed by atoms with Crippen LogP contribution in [-0.2, 0) is 20.5 Å². The standard InChI is InChI=1S/C22H33N3O3Si/c1-7-27-21(26)20(28-29(5,6)22(2,3)4)19(18-13-14-24-25-16-18)23-15-17-11-9-8-10-12-17/h8-14,16,19-20,23H,7,15H2,1-6H3/t19-,20-/m0/s1. The van der Waals surface area contributed by atoms with Gasteiger partial charge in [-0.05, 0) is 42.2 Å². The highest BCUT2D eigenvalue weighted by Gasteiger charge is 2.44. The third kappa shape index (κ3) is 6.45. The van der Waals surface area contributed by atoms with E-state index < -0.39 is 20.5 Å². The molecule has 2 atom stereocenters. The molecule has 1 aromatic heterocycles. The van der Waals surface area contributed by atoms with Crippen molar-refractivity contribution in [2.75, 3.05) is 6.61 Å². The third-order valence-electron chi connectivity index (χ3n) is 5.38. The van der Waals surface area contributed by atoms with Crippen molar-refractivity contribution < 1.29 is 14.0 Å². The van der Waals surface area contributed by atoms with Crippen LogP contribution in [0.15, 0.2) is 48.8 Å². The molecule has 29 heavy (non-hydrogen) atoms. The Labute approximate surface area is 175 Å². The average Bonchev–Trinajstić information content (AvgIpc) is 2.68. The van der Waals surface area contributed by atoms with Gasteiger partial charge in [-0.25, -0.2) is 4.79 Å². The summed E-state index contributed by atoms with van der Waals surface area (Å²) < 4.78 is 12.0. The van der Waals surface area contributed by atoms with Crippen molar-refractivity contribution in [3.63, 3.8) is 0 Å². The molecule has 0 saturated carbocycles. The van der Waals surface area contributed by atoms with E-state index in [1.54, 1.807) is 12.4 Å². The van der Waals surface area contributed by atoms with Crippen LogP contribution in [0.1, 0.15) is 44.9 Å². The van der Waals surface area contributed by atoms with Crippen molar-refractivity contribution in [1.29, 1.82) is 0 Å². The van der Waals surface area contributed by atoms with Crippen molar-refractivity contribution in [1.82, 2.24) is 15.5 Å². The highest BCUT2D eigenvalue weighted by atomic mass is 28.4. The summed E-state index contributed by atoms with van der Waals surface area (Å²) in [5, 5.41) is 11.3. The molecule has 2 rings (SSSR count). The van der Waals surface area contributed by atoms with Gasteiger partial charge in [-0.1, -0.05) is 51.1 Å². The second-order valence-corrected chi connectivity index (χ2v) is 13.3. The van der Waals surface area contributed by atoms with E-state index in [1.807, 2.05) is 43.3 Å². The maximum atomic E-state index is 13.0. The lowest BCUT2D eigenvalue weighted by Crippen LogP contribution is -2.50. The number of nitrogens with one attached hydrogen (secondary N) is 1. The first-order valence-electron chi connectivity index (χ1n) is 10.0. The number of hydrogen-bond donors (Lipinski definition) is 1. The Morgan fingerprint density at radius 3 is 2.38 bits per heavy atom. The van der Waals surface area contributed by atoms with Crippen LogP contribution in [0, 0.1) is 0 Å². The maximum absolute atomic E-state index is 13.0. The first-order valence-corrected chi connectivity index (χ1v) is 12.9. The first kappa shape index (κ1) is 23.2. The lowest BCUT2D eigenvalue weighted by Gasteiger charge is -2.40. The number of nitrogens with zero attached hydrogens (tertiary/aromatic N) is 2. The Bertz CT molecular complexity index is 764. The van der Waals surface area contributed by atoms with E-state index in [0.29, 0.717) is 13.2 Å². The van der Waals surface area contributed by atoms with E-state index in [-0.39, 0.29) is 11.0 Å². The number of benzene rings is 1. The lowest BCUT2D eigenvalue weighted by atomic mass is 10.0. The Hall–Kier alpha value is -2.09. The summed E-state index contributed by atoms with van der Waals surface area (Å²) in [5.74, 6) is -0.361. The zero-order valence-electron chi connectivity index (χ0n) is 18.3. The molecule has 0 bridgehead atoms. The molecular formula is C22H33N3O3Si. The van der Waals surface area contributed by atoms with Crippen molar-refractivity contribution in [2.24, 2.45) is 0 Å². The zero-order valence-corrected chi connectivity index (χ0v) is 19.3. The minimum atomic E-state index is -2.24. The number of aromatic nitrogens is 2. The molecule has 1 aromatic carbocycles. The number of ether oxygens (including phenoxy) is 1. The molecule has 7 heteroatoms. The fourth-order valence-electron chi connectivity index (χ4n) is 2.68. The quantitative estimate of drug-likeness (QED) is 0.487. The van der Waals surface area contributed by atoms with E-state index in [0.717, 1.165) is 11.1 Å². The molecule has 0 aliphatic carbocycles. The molecule has 0 saturated heterocycles. The third-order valence-corrected chi connectivity index (χ3v) is 9.84. The van der Waals surface area contributed by atoms with E-state index >= 15 is 0 Å². The summed E-state index contributed by atoms with van der Waals surface area (Å²) >= 11 is 0. The minimum Gasteiger partial charge on any atom is -0.464 e. The highest BCUT2D eigenvalue weighted by molar-refractivity contribution is 6.74. The van der Waals surface area contributed by atoms with Crippen LogP contribution in [0.25, 0.3) is 0 Å². The molecule has 0 unspecified atom stereocenters. The smallest absolute Gasteiger partial charge is 0.336 e. The Balaban J connectivity index is 2.38. The molecule has 0 fully saturated rings. The number of hydrogen-bond acceptors (Lipinski definition) is 6. The largest absolute Gasteiger partial charge is 0.464 e. The molecule has 0 amide bonds. The van der Waals surface area contributed by atoms with Gasteiger partial charge in [0.25, 0.3) is 0 Å². The highest BCUT2D eigenvalue weighted by Crippen LogP contribution is 2.39. The predicted octanol–water partition coefficient (Wildman–Crippen LogP) is 4.26. The van der Waals surface area contributed by atoms with Crippen LogP contribution >= 0.6 is 0 Å². The topological polar surface area (TPSA) is 73.3 Å². The van der Waals surface area contributed by atoms with Gasteiger partial charge < -0.3 is 14.5 Å². The van der Waals surface area contributed by atoms with E-state index in [4.69, 9.17) is 9.16 Å². The molecule has 0 radical (unpaired) electrons. The van der Waals surface area contributed by atoms with Crippen LogP contribution in [-0.4, -0.2) is 37.2 Å². The van der Waals surface area contributed by atoms with Crippen LogP contribution in [0.3, 0.4) is 0 Å². The molecule has 2 aromatic rings. The summed E-state index contributed by atoms with van der Waals surface area (Å²) in [5.41, 5.74) is 1.96. The molecule has 6 nitrogen and oxygen atoms in total. The second kappa shape index (κ2) is 10.1. The lowest BCUT2D eigenvalue weighted by molar-refractivity contribution is -0.153. The first-order chi connectivity index (χ1) is 13.7. The van der Waals surface area contributed by atoms with Crippen LogP contribution in [0.2, 0.25) is 18.1 Å². The second-order valence-electron chi connectivity index (χ2n) is 8.57. The van der Waals surface area contributed by atoms with Crippen LogP contribution in [0.4, 0.5) is 0 Å². The van der Waals surface area contributed by atoms with Crippen LogP contribution in [0.5, 0.6) is 0 Å². The van der Waals surface area contributed by atoms with Gasteiger partial charge in [0.05, 0.1) is 18.8 Å². The maximum Gasteiger partial charge on any atom is 0.336 e. The van der Waals surface area contributed by atoms with E-state index in [9.17, 15) is 4.79 Å². The van der Waals surface area contributed by atoms with E-state index in [1.165, 1.54) is 0 Å². The fraction of sp³-hybridized carbons (Fsp3) is 0.500. The predicted molar refractivity (Wildman–Crippen MR) is 117 cm³/mol. The summed E-state index contributed by atoms with van der Waals surface area (Å²) in [4.78, 5) is 13.0. The van der Waals surface area contributed by atoms with Gasteiger partial charge in [-0.3, -0.25) is 0 Å². The SMILES string of the molecule is CCOC(=O)[C@@H](O[Si](C)(C)C(C)(C)C)[C@@H](NCc1ccccc1)c1ccnnc1. The van der Waals surface area contributed by atoms with Gasteiger partial charge in [0.1, 0.15) is 0 Å². The number of carbonyl (C=O) groups is 1. The van der Waals surface area contributed by atoms with Gasteiger partial charge in [0, 0.05) is 12.7 Å². The van der Waals surface area contributed by atoms with E-state index in [2.05, 4.69) is 49.4 Å². The summed E-state index contributed by atoms with van der Waals surface area (Å²) in [7, 11) is -2.24. The Morgan fingerprint density at radius 2 is 1.83 bits per heavy atom. The number of rotatable bonds is 9. The Kier molecular flexibility index (Phi) is 8.07. The van der Waals surface area contributed by atoms with Gasteiger partial charge in [-0.15, -0.1) is 0 Å². The van der Waals surface area contributed by atoms with Gasteiger partial charge in [0.15, 0.2) is 14.4 Å². The Morgan fingerprint density at radius 1 is 1.14 bits per heavy atom. The van der Waals surface area contributed by atoms with Crippen molar-refractivity contribution in [2.45, 2.75) is 64.5 Å². The minimum absolute atomic E-state index is 0.0434. The average molecular weight is 416 g/mol. The summed E-state index contributed by atoms with van der Waals surface area (Å²) in [6.07, 6.45) is 2.52. The fourth-order valence-corrected chi connectivity index (χ4v) is 3.90. The molecule has 158 valence electrons. The number of esters is 1. The number of carbonyl (C=O) groups excluding carboxylic acids is 1. The molecule has 0 spiro atoms. The molecule has 0 aliphatic heterocycles. The molecule has 1 N–H and O–H groups in total. The zero-order chi connectivity index (χ0) is 21.5. The van der Waals surface area contributed by atoms with Crippen molar-refractivity contribution in [3.8, 4) is 0 Å². The van der Waals surface area contributed by atoms with Crippen LogP contribution < -0.4 is 5.32 Å². The van der Waals surface area contributed by atoms with Gasteiger partial charge in [0.2, 0.25) is 0 Å². The normalized spacial score (nSPS) is 14.3. The molecule has 1 heterocycles. The van der Waals surface area contributed by atoms with Gasteiger partial charge in [-0.2, -0.15) is 10.2 Å². The molecule has 0 aliphatic rings.